The molecule has 0 aliphatic heterocycles. The highest BCUT2D eigenvalue weighted by molar-refractivity contribution is 7.85. The molecule has 0 aliphatic carbocycles. The number of hydrogen-bond acceptors (Lipinski definition) is 4. The van der Waals surface area contributed by atoms with E-state index in [0.29, 0.717) is 11.4 Å². The Balaban J connectivity index is 0.00000106. The van der Waals surface area contributed by atoms with Gasteiger partial charge in [-0.2, -0.15) is 8.42 Å². The van der Waals surface area contributed by atoms with Crippen LogP contribution in [0.15, 0.2) is 47.4 Å². The Hall–Kier alpha value is -2.05. The highest BCUT2D eigenvalue weighted by Crippen LogP contribution is 2.22. The summed E-state index contributed by atoms with van der Waals surface area (Å²) in [5, 5.41) is 3.05. The van der Waals surface area contributed by atoms with Crippen molar-refractivity contribution in [3.63, 3.8) is 0 Å². The summed E-state index contributed by atoms with van der Waals surface area (Å²) in [6.07, 6.45) is 0. The molecule has 0 fully saturated rings. The molecule has 0 amide bonds. The zero-order valence-corrected chi connectivity index (χ0v) is 13.1. The molecule has 0 aromatic heterocycles. The van der Waals surface area contributed by atoms with Crippen molar-refractivity contribution in [3.8, 4) is 0 Å². The maximum absolute atomic E-state index is 11.0. The van der Waals surface area contributed by atoms with Gasteiger partial charge in [-0.05, 0) is 48.9 Å². The Bertz CT molecular complexity index is 713. The Morgan fingerprint density at radius 1 is 1.05 bits per heavy atom. The van der Waals surface area contributed by atoms with Crippen LogP contribution in [0, 0.1) is 6.92 Å². The summed E-state index contributed by atoms with van der Waals surface area (Å²) >= 11 is 0. The third-order valence-electron chi connectivity index (χ3n) is 2.69. The monoisotopic (exact) mass is 308 g/mol. The van der Waals surface area contributed by atoms with Gasteiger partial charge in [0.15, 0.2) is 0 Å². The third kappa shape index (κ3) is 4.77. The van der Waals surface area contributed by atoms with Crippen LogP contribution in [0.5, 0.6) is 0 Å². The molecule has 114 valence electrons. The number of benzene rings is 2. The van der Waals surface area contributed by atoms with Crippen LogP contribution < -0.4 is 11.1 Å². The quantitative estimate of drug-likeness (QED) is 0.595. The molecule has 0 radical (unpaired) electrons. The molecule has 5 nitrogen and oxygen atoms in total. The summed E-state index contributed by atoms with van der Waals surface area (Å²) in [6.45, 7) is 5.88. The Morgan fingerprint density at radius 3 is 2.24 bits per heavy atom. The van der Waals surface area contributed by atoms with E-state index in [4.69, 9.17) is 10.3 Å². The third-order valence-corrected chi connectivity index (χ3v) is 3.54. The van der Waals surface area contributed by atoms with Gasteiger partial charge in [0.2, 0.25) is 0 Å². The molecule has 0 atom stereocenters. The van der Waals surface area contributed by atoms with Crippen molar-refractivity contribution < 1.29 is 13.0 Å². The lowest BCUT2D eigenvalue weighted by molar-refractivity contribution is 0.483. The molecule has 21 heavy (non-hydrogen) atoms. The Labute approximate surface area is 125 Å². The smallest absolute Gasteiger partial charge is 0.294 e. The fraction of sp³-hybridized carbons (Fsp3) is 0.200. The van der Waals surface area contributed by atoms with E-state index in [1.807, 2.05) is 26.8 Å². The standard InChI is InChI=1S/C13H14N2O3S.C2H6/c1-9-7-11(5-6-13(9)14)15-10-3-2-4-12(8-10)19(16,17)18;1-2/h2-8,15H,14H2,1H3,(H,16,17,18);1-2H3. The Kier molecular flexibility index (Phi) is 5.75. The van der Waals surface area contributed by atoms with Crippen molar-refractivity contribution in [2.75, 3.05) is 11.1 Å². The second-order valence-electron chi connectivity index (χ2n) is 4.20. The normalized spacial score (nSPS) is 10.5. The van der Waals surface area contributed by atoms with Crippen molar-refractivity contribution in [2.24, 2.45) is 0 Å². The highest BCUT2D eigenvalue weighted by atomic mass is 32.2. The van der Waals surface area contributed by atoms with Crippen LogP contribution in [0.2, 0.25) is 0 Å². The molecule has 0 bridgehead atoms. The number of nitrogens with one attached hydrogen (secondary N) is 1. The molecule has 6 heteroatoms. The minimum absolute atomic E-state index is 0.148. The topological polar surface area (TPSA) is 92.4 Å². The number of anilines is 3. The van der Waals surface area contributed by atoms with E-state index in [0.717, 1.165) is 11.3 Å². The van der Waals surface area contributed by atoms with Crippen molar-refractivity contribution in [2.45, 2.75) is 25.7 Å². The first-order valence-electron chi connectivity index (χ1n) is 6.57. The summed E-state index contributed by atoms with van der Waals surface area (Å²) in [4.78, 5) is -0.148. The minimum Gasteiger partial charge on any atom is -0.399 e. The lowest BCUT2D eigenvalue weighted by atomic mass is 10.2. The number of rotatable bonds is 3. The van der Waals surface area contributed by atoms with Crippen molar-refractivity contribution in [1.82, 2.24) is 0 Å². The number of aryl methyl sites for hydroxylation is 1. The first-order valence-corrected chi connectivity index (χ1v) is 8.01. The SMILES string of the molecule is CC.Cc1cc(Nc2cccc(S(=O)(=O)O)c2)ccc1N. The van der Waals surface area contributed by atoms with Crippen LogP contribution in [-0.2, 0) is 10.1 Å². The molecule has 0 saturated carbocycles. The maximum Gasteiger partial charge on any atom is 0.294 e. The highest BCUT2D eigenvalue weighted by Gasteiger charge is 2.09. The predicted octanol–water partition coefficient (Wildman–Crippen LogP) is 3.59. The zero-order valence-electron chi connectivity index (χ0n) is 12.3. The molecular weight excluding hydrogens is 288 g/mol. The van der Waals surface area contributed by atoms with Gasteiger partial charge in [-0.3, -0.25) is 4.55 Å². The van der Waals surface area contributed by atoms with E-state index in [1.54, 1.807) is 24.3 Å². The molecule has 0 saturated heterocycles. The van der Waals surface area contributed by atoms with Crippen LogP contribution in [0.1, 0.15) is 19.4 Å². The average molecular weight is 308 g/mol. The van der Waals surface area contributed by atoms with Gasteiger partial charge in [0.25, 0.3) is 10.1 Å². The van der Waals surface area contributed by atoms with E-state index < -0.39 is 10.1 Å². The maximum atomic E-state index is 11.0. The largest absolute Gasteiger partial charge is 0.399 e. The number of nitrogen functional groups attached to an aromatic ring is 1. The molecule has 2 aromatic carbocycles. The van der Waals surface area contributed by atoms with Gasteiger partial charge in [0, 0.05) is 17.1 Å². The van der Waals surface area contributed by atoms with E-state index in [1.165, 1.54) is 12.1 Å². The van der Waals surface area contributed by atoms with Gasteiger partial charge in [-0.25, -0.2) is 0 Å². The first-order chi connectivity index (χ1) is 9.86. The second-order valence-corrected chi connectivity index (χ2v) is 5.62. The van der Waals surface area contributed by atoms with E-state index >= 15 is 0 Å². The summed E-state index contributed by atoms with van der Waals surface area (Å²) < 4.78 is 31.1. The average Bonchev–Trinajstić information content (AvgIpc) is 2.45. The minimum atomic E-state index is -4.19. The van der Waals surface area contributed by atoms with E-state index in [-0.39, 0.29) is 4.90 Å². The number of hydrogen-bond donors (Lipinski definition) is 3. The summed E-state index contributed by atoms with van der Waals surface area (Å²) in [5.41, 5.74) is 8.70. The van der Waals surface area contributed by atoms with E-state index in [9.17, 15) is 8.42 Å². The van der Waals surface area contributed by atoms with Crippen LogP contribution in [-0.4, -0.2) is 13.0 Å². The lowest BCUT2D eigenvalue weighted by Gasteiger charge is -2.09. The summed E-state index contributed by atoms with van der Waals surface area (Å²) in [7, 11) is -4.19. The van der Waals surface area contributed by atoms with Gasteiger partial charge >= 0.3 is 0 Å². The van der Waals surface area contributed by atoms with Crippen molar-refractivity contribution >= 4 is 27.2 Å². The molecule has 4 N–H and O–H groups in total. The van der Waals surface area contributed by atoms with Crippen molar-refractivity contribution in [1.29, 1.82) is 0 Å². The fourth-order valence-electron chi connectivity index (χ4n) is 1.65. The first kappa shape index (κ1) is 17.0. The molecule has 0 aliphatic rings. The van der Waals surface area contributed by atoms with Crippen LogP contribution >= 0.6 is 0 Å². The lowest BCUT2D eigenvalue weighted by Crippen LogP contribution is -1.99. The summed E-state index contributed by atoms with van der Waals surface area (Å²) in [6, 6.07) is 11.4. The Morgan fingerprint density at radius 2 is 1.67 bits per heavy atom. The summed E-state index contributed by atoms with van der Waals surface area (Å²) in [5.74, 6) is 0. The van der Waals surface area contributed by atoms with Crippen LogP contribution in [0.4, 0.5) is 17.1 Å². The van der Waals surface area contributed by atoms with Gasteiger partial charge < -0.3 is 11.1 Å². The molecule has 2 rings (SSSR count). The molecule has 0 unspecified atom stereocenters. The van der Waals surface area contributed by atoms with Crippen molar-refractivity contribution in [3.05, 3.63) is 48.0 Å². The van der Waals surface area contributed by atoms with Gasteiger partial charge in [-0.1, -0.05) is 19.9 Å². The molecule has 2 aromatic rings. The van der Waals surface area contributed by atoms with Gasteiger partial charge in [-0.15, -0.1) is 0 Å². The predicted molar refractivity (Wildman–Crippen MR) is 86.5 cm³/mol. The van der Waals surface area contributed by atoms with Crippen LogP contribution in [0.3, 0.4) is 0 Å². The van der Waals surface area contributed by atoms with E-state index in [2.05, 4.69) is 5.32 Å². The van der Waals surface area contributed by atoms with Crippen LogP contribution in [0.25, 0.3) is 0 Å². The van der Waals surface area contributed by atoms with Gasteiger partial charge in [0.1, 0.15) is 0 Å². The molecular formula is C15H20N2O3S. The van der Waals surface area contributed by atoms with Gasteiger partial charge in [0.05, 0.1) is 4.90 Å². The second kappa shape index (κ2) is 7.10. The molecule has 0 heterocycles. The number of nitrogens with two attached hydrogens (primary N) is 1. The molecule has 0 spiro atoms. The fourth-order valence-corrected chi connectivity index (χ4v) is 2.18. The zero-order chi connectivity index (χ0) is 16.0.